The quantitative estimate of drug-likeness (QED) is 0.431. The van der Waals surface area contributed by atoms with Crippen molar-refractivity contribution in [1.29, 1.82) is 0 Å². The zero-order valence-electron chi connectivity index (χ0n) is 10.9. The topological polar surface area (TPSA) is 120 Å². The van der Waals surface area contributed by atoms with Crippen LogP contribution in [0.2, 0.25) is 0 Å². The van der Waals surface area contributed by atoms with E-state index >= 15 is 0 Å². The minimum atomic E-state index is -0.623. The van der Waals surface area contributed by atoms with Crippen molar-refractivity contribution in [3.63, 3.8) is 0 Å². The number of aromatic nitrogens is 1. The maximum Gasteiger partial charge on any atom is 0.288 e. The molecule has 0 unspecified atom stereocenters. The summed E-state index contributed by atoms with van der Waals surface area (Å²) in [6, 6.07) is 1.11. The summed E-state index contributed by atoms with van der Waals surface area (Å²) in [7, 11) is 0. The predicted molar refractivity (Wildman–Crippen MR) is 71.2 cm³/mol. The van der Waals surface area contributed by atoms with Gasteiger partial charge in [-0.3, -0.25) is 14.9 Å². The first-order chi connectivity index (χ1) is 9.58. The lowest BCUT2D eigenvalue weighted by molar-refractivity contribution is -0.385. The Balaban J connectivity index is 1.83. The molecule has 1 aromatic rings. The van der Waals surface area contributed by atoms with Crippen LogP contribution in [0.5, 0.6) is 0 Å². The van der Waals surface area contributed by atoms with Crippen LogP contribution in [0.15, 0.2) is 12.3 Å². The molecule has 0 radical (unpaired) electrons. The molecule has 1 heterocycles. The fraction of sp³-hybridized carbons (Fsp3) is 0.500. The Labute approximate surface area is 115 Å². The van der Waals surface area contributed by atoms with Gasteiger partial charge in [0.25, 0.3) is 11.6 Å². The van der Waals surface area contributed by atoms with Crippen molar-refractivity contribution in [2.24, 2.45) is 5.92 Å². The number of hydrogen-bond donors (Lipinski definition) is 2. The zero-order valence-corrected chi connectivity index (χ0v) is 10.9. The van der Waals surface area contributed by atoms with Gasteiger partial charge in [-0.2, -0.15) is 0 Å². The molecule has 0 atom stereocenters. The van der Waals surface area contributed by atoms with Gasteiger partial charge in [0.2, 0.25) is 0 Å². The lowest BCUT2D eigenvalue weighted by atomic mass is 10.2. The smallest absolute Gasteiger partial charge is 0.288 e. The third kappa shape index (κ3) is 3.89. The number of nitrogens with one attached hydrogen (secondary N) is 1. The largest absolute Gasteiger partial charge is 0.383 e. The van der Waals surface area contributed by atoms with Gasteiger partial charge in [0.05, 0.1) is 17.1 Å². The Bertz CT molecular complexity index is 516. The number of nitrogen functional groups attached to an aromatic ring is 1. The van der Waals surface area contributed by atoms with Crippen LogP contribution in [-0.4, -0.2) is 35.6 Å². The fourth-order valence-electron chi connectivity index (χ4n) is 1.61. The summed E-state index contributed by atoms with van der Waals surface area (Å²) in [5.74, 6) is 0.142. The SMILES string of the molecule is Nc1ncc([N+](=O)[O-])cc1C(=O)NCCOCC1CC1. The number of pyridine rings is 1. The standard InChI is InChI=1S/C12H16N4O4/c13-11-10(5-9(6-15-11)16(18)19)12(17)14-3-4-20-7-8-1-2-8/h5-6,8H,1-4,7H2,(H2,13,15)(H,14,17). The summed E-state index contributed by atoms with van der Waals surface area (Å²) in [6.07, 6.45) is 3.44. The molecule has 8 nitrogen and oxygen atoms in total. The highest BCUT2D eigenvalue weighted by Gasteiger charge is 2.21. The number of nitro groups is 1. The van der Waals surface area contributed by atoms with Gasteiger partial charge in [0.15, 0.2) is 0 Å². The minimum absolute atomic E-state index is 0.00129. The summed E-state index contributed by atoms with van der Waals surface area (Å²) in [6.45, 7) is 1.45. The Morgan fingerprint density at radius 2 is 2.35 bits per heavy atom. The third-order valence-corrected chi connectivity index (χ3v) is 2.94. The molecule has 1 fully saturated rings. The first-order valence-electron chi connectivity index (χ1n) is 6.34. The second kappa shape index (κ2) is 6.29. The number of carbonyl (C=O) groups excluding carboxylic acids is 1. The molecule has 1 aliphatic rings. The van der Waals surface area contributed by atoms with Crippen LogP contribution in [0.1, 0.15) is 23.2 Å². The number of amides is 1. The molecule has 3 N–H and O–H groups in total. The van der Waals surface area contributed by atoms with Crippen LogP contribution in [0.4, 0.5) is 11.5 Å². The van der Waals surface area contributed by atoms with Crippen LogP contribution in [0.25, 0.3) is 0 Å². The van der Waals surface area contributed by atoms with Crippen molar-refractivity contribution in [3.05, 3.63) is 27.9 Å². The maximum absolute atomic E-state index is 11.8. The Hall–Kier alpha value is -2.22. The minimum Gasteiger partial charge on any atom is -0.383 e. The Morgan fingerprint density at radius 1 is 1.60 bits per heavy atom. The van der Waals surface area contributed by atoms with Gasteiger partial charge in [-0.1, -0.05) is 0 Å². The number of nitrogens with two attached hydrogens (primary N) is 1. The molecule has 1 aliphatic carbocycles. The molecule has 20 heavy (non-hydrogen) atoms. The molecule has 0 aliphatic heterocycles. The van der Waals surface area contributed by atoms with Crippen molar-refractivity contribution >= 4 is 17.4 Å². The Morgan fingerprint density at radius 3 is 3.00 bits per heavy atom. The van der Waals surface area contributed by atoms with Crippen molar-refractivity contribution in [2.75, 3.05) is 25.5 Å². The normalized spacial score (nSPS) is 14.0. The number of anilines is 1. The molecule has 1 amide bonds. The van der Waals surface area contributed by atoms with Crippen molar-refractivity contribution in [1.82, 2.24) is 10.3 Å². The van der Waals surface area contributed by atoms with E-state index in [4.69, 9.17) is 10.5 Å². The molecule has 8 heteroatoms. The predicted octanol–water partition coefficient (Wildman–Crippen LogP) is 0.728. The number of nitrogens with zero attached hydrogens (tertiary/aromatic N) is 2. The highest BCUT2D eigenvalue weighted by atomic mass is 16.6. The lowest BCUT2D eigenvalue weighted by Gasteiger charge is -2.07. The van der Waals surface area contributed by atoms with Gasteiger partial charge in [0.1, 0.15) is 12.0 Å². The zero-order chi connectivity index (χ0) is 14.5. The number of carbonyl (C=O) groups is 1. The molecular formula is C12H16N4O4. The highest BCUT2D eigenvalue weighted by Crippen LogP contribution is 2.28. The van der Waals surface area contributed by atoms with E-state index in [-0.39, 0.29) is 17.1 Å². The lowest BCUT2D eigenvalue weighted by Crippen LogP contribution is -2.28. The second-order valence-electron chi connectivity index (χ2n) is 4.66. The van der Waals surface area contributed by atoms with Crippen LogP contribution >= 0.6 is 0 Å². The van der Waals surface area contributed by atoms with Crippen LogP contribution in [0.3, 0.4) is 0 Å². The molecule has 0 spiro atoms. The monoisotopic (exact) mass is 280 g/mol. The molecule has 0 bridgehead atoms. The number of ether oxygens (including phenoxy) is 1. The van der Waals surface area contributed by atoms with E-state index in [9.17, 15) is 14.9 Å². The molecule has 108 valence electrons. The van der Waals surface area contributed by atoms with Gasteiger partial charge in [-0.15, -0.1) is 0 Å². The van der Waals surface area contributed by atoms with E-state index in [1.54, 1.807) is 0 Å². The molecule has 1 aromatic heterocycles. The van der Waals surface area contributed by atoms with Gasteiger partial charge < -0.3 is 15.8 Å². The molecule has 0 saturated heterocycles. The summed E-state index contributed by atoms with van der Waals surface area (Å²) in [5, 5.41) is 13.2. The first kappa shape index (κ1) is 14.2. The Kier molecular flexibility index (Phi) is 4.46. The summed E-state index contributed by atoms with van der Waals surface area (Å²) in [4.78, 5) is 25.5. The molecule has 2 rings (SSSR count). The van der Waals surface area contributed by atoms with Gasteiger partial charge in [-0.25, -0.2) is 4.98 Å². The van der Waals surface area contributed by atoms with Crippen LogP contribution in [0, 0.1) is 16.0 Å². The first-order valence-corrected chi connectivity index (χ1v) is 6.34. The highest BCUT2D eigenvalue weighted by molar-refractivity contribution is 5.98. The number of hydrogen-bond acceptors (Lipinski definition) is 6. The fourth-order valence-corrected chi connectivity index (χ4v) is 1.61. The second-order valence-corrected chi connectivity index (χ2v) is 4.66. The van der Waals surface area contributed by atoms with Crippen molar-refractivity contribution in [2.45, 2.75) is 12.8 Å². The van der Waals surface area contributed by atoms with E-state index in [1.165, 1.54) is 12.8 Å². The third-order valence-electron chi connectivity index (χ3n) is 2.94. The van der Waals surface area contributed by atoms with Gasteiger partial charge >= 0.3 is 0 Å². The average Bonchev–Trinajstić information content (AvgIpc) is 3.22. The average molecular weight is 280 g/mol. The summed E-state index contributed by atoms with van der Waals surface area (Å²) < 4.78 is 5.37. The summed E-state index contributed by atoms with van der Waals surface area (Å²) >= 11 is 0. The van der Waals surface area contributed by atoms with E-state index in [2.05, 4.69) is 10.3 Å². The van der Waals surface area contributed by atoms with Crippen LogP contribution in [-0.2, 0) is 4.74 Å². The van der Waals surface area contributed by atoms with Gasteiger partial charge in [-0.05, 0) is 18.8 Å². The molecular weight excluding hydrogens is 264 g/mol. The van der Waals surface area contributed by atoms with Gasteiger partial charge in [0, 0.05) is 19.2 Å². The maximum atomic E-state index is 11.8. The number of rotatable bonds is 7. The molecule has 0 aromatic carbocycles. The summed E-state index contributed by atoms with van der Waals surface area (Å²) in [5.41, 5.74) is 5.28. The van der Waals surface area contributed by atoms with E-state index in [1.807, 2.05) is 0 Å². The van der Waals surface area contributed by atoms with Crippen molar-refractivity contribution < 1.29 is 14.5 Å². The van der Waals surface area contributed by atoms with E-state index in [0.717, 1.165) is 18.9 Å². The van der Waals surface area contributed by atoms with E-state index in [0.29, 0.717) is 19.1 Å². The van der Waals surface area contributed by atoms with Crippen molar-refractivity contribution in [3.8, 4) is 0 Å². The van der Waals surface area contributed by atoms with E-state index < -0.39 is 10.8 Å². The molecule has 1 saturated carbocycles. The van der Waals surface area contributed by atoms with Crippen LogP contribution < -0.4 is 11.1 Å².